The Bertz CT molecular complexity index is 1340. The standard InChI is InChI=1S/C22H21ClF2N4O3S/c1-14-21(15(2)29(26-14)20-7-6-17(24)13-19(20)25)22(30)27-8-10-28(11-9-27)33(31,32)18-5-3-4-16(23)12-18/h3-7,12-13H,8-11H2,1-2H3. The van der Waals surface area contributed by atoms with E-state index in [2.05, 4.69) is 5.10 Å². The Morgan fingerprint density at radius 3 is 2.36 bits per heavy atom. The summed E-state index contributed by atoms with van der Waals surface area (Å²) in [5.41, 5.74) is 1.16. The normalized spacial score (nSPS) is 15.1. The Balaban J connectivity index is 1.53. The summed E-state index contributed by atoms with van der Waals surface area (Å²) in [7, 11) is -3.73. The van der Waals surface area contributed by atoms with Crippen LogP contribution in [0.15, 0.2) is 47.4 Å². The summed E-state index contributed by atoms with van der Waals surface area (Å²) >= 11 is 5.93. The van der Waals surface area contributed by atoms with Gasteiger partial charge in [-0.1, -0.05) is 17.7 Å². The fourth-order valence-corrected chi connectivity index (χ4v) is 5.63. The number of rotatable bonds is 4. The highest BCUT2D eigenvalue weighted by atomic mass is 35.5. The summed E-state index contributed by atoms with van der Waals surface area (Å²) in [4.78, 5) is 14.9. The van der Waals surface area contributed by atoms with Gasteiger partial charge in [0.05, 0.1) is 21.8 Å². The van der Waals surface area contributed by atoms with Gasteiger partial charge in [-0.05, 0) is 44.2 Å². The molecule has 0 saturated carbocycles. The van der Waals surface area contributed by atoms with Crippen LogP contribution < -0.4 is 0 Å². The van der Waals surface area contributed by atoms with Crippen LogP contribution in [0.3, 0.4) is 0 Å². The van der Waals surface area contributed by atoms with Gasteiger partial charge in [-0.25, -0.2) is 21.9 Å². The molecule has 1 aliphatic heterocycles. The van der Waals surface area contributed by atoms with Gasteiger partial charge in [0.2, 0.25) is 10.0 Å². The van der Waals surface area contributed by atoms with E-state index in [1.807, 2.05) is 0 Å². The lowest BCUT2D eigenvalue weighted by Crippen LogP contribution is -2.50. The Kier molecular flexibility index (Phi) is 6.26. The molecule has 0 unspecified atom stereocenters. The van der Waals surface area contributed by atoms with Crippen LogP contribution in [0.25, 0.3) is 5.69 Å². The van der Waals surface area contributed by atoms with Crippen molar-refractivity contribution in [2.45, 2.75) is 18.7 Å². The number of halogens is 3. The van der Waals surface area contributed by atoms with Crippen molar-refractivity contribution in [2.24, 2.45) is 0 Å². The molecule has 0 bridgehead atoms. The van der Waals surface area contributed by atoms with E-state index in [-0.39, 0.29) is 42.7 Å². The second-order valence-electron chi connectivity index (χ2n) is 7.71. The molecular weight excluding hydrogens is 474 g/mol. The average Bonchev–Trinajstić information content (AvgIpc) is 3.07. The molecule has 1 amide bonds. The van der Waals surface area contributed by atoms with Crippen molar-refractivity contribution in [1.29, 1.82) is 0 Å². The van der Waals surface area contributed by atoms with Gasteiger partial charge in [0.1, 0.15) is 11.5 Å². The van der Waals surface area contributed by atoms with Crippen molar-refractivity contribution < 1.29 is 22.0 Å². The van der Waals surface area contributed by atoms with Gasteiger partial charge in [-0.15, -0.1) is 0 Å². The van der Waals surface area contributed by atoms with Crippen LogP contribution in [0.4, 0.5) is 8.78 Å². The molecule has 0 radical (unpaired) electrons. The third-order valence-electron chi connectivity index (χ3n) is 5.60. The minimum atomic E-state index is -3.73. The van der Waals surface area contributed by atoms with E-state index < -0.39 is 21.7 Å². The van der Waals surface area contributed by atoms with Gasteiger partial charge in [-0.2, -0.15) is 9.40 Å². The fraction of sp³-hybridized carbons (Fsp3) is 0.273. The summed E-state index contributed by atoms with van der Waals surface area (Å²) in [5, 5.41) is 4.60. The first-order chi connectivity index (χ1) is 15.6. The van der Waals surface area contributed by atoms with E-state index in [4.69, 9.17) is 11.6 Å². The monoisotopic (exact) mass is 494 g/mol. The molecular formula is C22H21ClF2N4O3S. The minimum absolute atomic E-state index is 0.0356. The number of nitrogens with zero attached hydrogens (tertiary/aromatic N) is 4. The fourth-order valence-electron chi connectivity index (χ4n) is 3.91. The zero-order valence-electron chi connectivity index (χ0n) is 17.9. The lowest BCUT2D eigenvalue weighted by atomic mass is 10.1. The Morgan fingerprint density at radius 1 is 1.03 bits per heavy atom. The van der Waals surface area contributed by atoms with Gasteiger partial charge in [0.15, 0.2) is 5.82 Å². The smallest absolute Gasteiger partial charge is 0.257 e. The number of carbonyl (C=O) groups excluding carboxylic acids is 1. The number of piperazine rings is 1. The maximum Gasteiger partial charge on any atom is 0.257 e. The molecule has 11 heteroatoms. The molecule has 33 heavy (non-hydrogen) atoms. The summed E-state index contributed by atoms with van der Waals surface area (Å²) < 4.78 is 55.9. The largest absolute Gasteiger partial charge is 0.336 e. The van der Waals surface area contributed by atoms with Crippen molar-refractivity contribution in [3.05, 3.63) is 76.1 Å². The van der Waals surface area contributed by atoms with Crippen molar-refractivity contribution >= 4 is 27.5 Å². The maximum atomic E-state index is 14.3. The number of aryl methyl sites for hydroxylation is 1. The Hall–Kier alpha value is -2.82. The number of amides is 1. The number of carbonyl (C=O) groups is 1. The molecule has 3 aromatic rings. The first-order valence-electron chi connectivity index (χ1n) is 10.2. The second kappa shape index (κ2) is 8.85. The summed E-state index contributed by atoms with van der Waals surface area (Å²) in [5.74, 6) is -1.82. The Labute approximate surface area is 195 Å². The average molecular weight is 495 g/mol. The number of sulfonamides is 1. The lowest BCUT2D eigenvalue weighted by Gasteiger charge is -2.34. The molecule has 0 atom stereocenters. The van der Waals surface area contributed by atoms with Crippen LogP contribution in [-0.4, -0.2) is 59.5 Å². The molecule has 4 rings (SSSR count). The number of hydrogen-bond donors (Lipinski definition) is 0. The van der Waals surface area contributed by atoms with Gasteiger partial charge < -0.3 is 4.90 Å². The molecule has 174 valence electrons. The molecule has 2 heterocycles. The molecule has 0 aliphatic carbocycles. The number of benzene rings is 2. The quantitative estimate of drug-likeness (QED) is 0.555. The number of aromatic nitrogens is 2. The molecule has 0 N–H and O–H groups in total. The van der Waals surface area contributed by atoms with Gasteiger partial charge >= 0.3 is 0 Å². The third-order valence-corrected chi connectivity index (χ3v) is 7.73. The molecule has 7 nitrogen and oxygen atoms in total. The highest BCUT2D eigenvalue weighted by Crippen LogP contribution is 2.24. The summed E-state index contributed by atoms with van der Waals surface area (Å²) in [6.07, 6.45) is 0. The molecule has 1 saturated heterocycles. The van der Waals surface area contributed by atoms with Crippen molar-refractivity contribution in [1.82, 2.24) is 19.0 Å². The van der Waals surface area contributed by atoms with Gasteiger partial charge in [-0.3, -0.25) is 4.79 Å². The van der Waals surface area contributed by atoms with Crippen LogP contribution in [0, 0.1) is 25.5 Å². The van der Waals surface area contributed by atoms with Crippen LogP contribution in [0.1, 0.15) is 21.7 Å². The van der Waals surface area contributed by atoms with E-state index in [0.717, 1.165) is 12.1 Å². The van der Waals surface area contributed by atoms with E-state index in [1.54, 1.807) is 30.9 Å². The van der Waals surface area contributed by atoms with Crippen LogP contribution in [0.5, 0.6) is 0 Å². The Morgan fingerprint density at radius 2 is 1.73 bits per heavy atom. The van der Waals surface area contributed by atoms with Crippen LogP contribution in [0.2, 0.25) is 5.02 Å². The molecule has 2 aromatic carbocycles. The number of hydrogen-bond acceptors (Lipinski definition) is 4. The van der Waals surface area contributed by atoms with Crippen LogP contribution in [-0.2, 0) is 10.0 Å². The van der Waals surface area contributed by atoms with Gasteiger partial charge in [0.25, 0.3) is 5.91 Å². The SMILES string of the molecule is Cc1nn(-c2ccc(F)cc2F)c(C)c1C(=O)N1CCN(S(=O)(=O)c2cccc(Cl)c2)CC1. The molecule has 1 fully saturated rings. The topological polar surface area (TPSA) is 75.5 Å². The molecule has 1 aliphatic rings. The van der Waals surface area contributed by atoms with E-state index in [0.29, 0.717) is 22.0 Å². The second-order valence-corrected chi connectivity index (χ2v) is 10.1. The molecule has 0 spiro atoms. The van der Waals surface area contributed by atoms with E-state index in [1.165, 1.54) is 27.2 Å². The highest BCUT2D eigenvalue weighted by Gasteiger charge is 2.32. The zero-order chi connectivity index (χ0) is 23.9. The van der Waals surface area contributed by atoms with Crippen LogP contribution >= 0.6 is 11.6 Å². The first kappa shape index (κ1) is 23.3. The summed E-state index contributed by atoms with van der Waals surface area (Å²) in [6.45, 7) is 3.90. The van der Waals surface area contributed by atoms with Crippen molar-refractivity contribution in [3.8, 4) is 5.69 Å². The van der Waals surface area contributed by atoms with E-state index in [9.17, 15) is 22.0 Å². The third kappa shape index (κ3) is 4.38. The summed E-state index contributed by atoms with van der Waals surface area (Å²) in [6, 6.07) is 9.18. The lowest BCUT2D eigenvalue weighted by molar-refractivity contribution is 0.0696. The maximum absolute atomic E-state index is 14.3. The van der Waals surface area contributed by atoms with Gasteiger partial charge in [0, 0.05) is 37.3 Å². The highest BCUT2D eigenvalue weighted by molar-refractivity contribution is 7.89. The first-order valence-corrected chi connectivity index (χ1v) is 12.0. The molecule has 1 aromatic heterocycles. The van der Waals surface area contributed by atoms with Crippen molar-refractivity contribution in [2.75, 3.05) is 26.2 Å². The van der Waals surface area contributed by atoms with Crippen molar-refractivity contribution in [3.63, 3.8) is 0 Å². The predicted molar refractivity (Wildman–Crippen MR) is 119 cm³/mol. The minimum Gasteiger partial charge on any atom is -0.336 e. The van der Waals surface area contributed by atoms with E-state index >= 15 is 0 Å². The zero-order valence-corrected chi connectivity index (χ0v) is 19.5. The predicted octanol–water partition coefficient (Wildman–Crippen LogP) is 3.57.